The van der Waals surface area contributed by atoms with Gasteiger partial charge in [0.2, 0.25) is 0 Å². The number of nitrogens with zero attached hydrogens (tertiary/aromatic N) is 1. The summed E-state index contributed by atoms with van der Waals surface area (Å²) in [6, 6.07) is 14.8. The van der Waals surface area contributed by atoms with Crippen LogP contribution in [0.25, 0.3) is 0 Å². The fraction of sp³-hybridized carbons (Fsp3) is 0.316. The van der Waals surface area contributed by atoms with Gasteiger partial charge in [0.25, 0.3) is 5.91 Å². The Hall–Kier alpha value is -2.04. The van der Waals surface area contributed by atoms with Gasteiger partial charge in [-0.3, -0.25) is 4.79 Å². The van der Waals surface area contributed by atoms with Gasteiger partial charge in [0.15, 0.2) is 0 Å². The van der Waals surface area contributed by atoms with E-state index in [9.17, 15) is 4.79 Å². The second kappa shape index (κ2) is 7.69. The molecule has 1 aliphatic heterocycles. The van der Waals surface area contributed by atoms with Crippen LogP contribution in [0.3, 0.4) is 0 Å². The van der Waals surface area contributed by atoms with Crippen molar-refractivity contribution in [3.05, 3.63) is 64.7 Å². The summed E-state index contributed by atoms with van der Waals surface area (Å²) in [4.78, 5) is 14.3. The molecule has 1 fully saturated rings. The SMILES string of the molecule is C[C@H]1CN(C(=O)c2ccc(COc3ccc(Cl)cc3)cc2)CCO1. The van der Waals surface area contributed by atoms with Crippen LogP contribution in [0.4, 0.5) is 0 Å². The summed E-state index contributed by atoms with van der Waals surface area (Å²) in [5.74, 6) is 0.817. The Labute approximate surface area is 146 Å². The Kier molecular flexibility index (Phi) is 5.38. The first kappa shape index (κ1) is 16.8. The van der Waals surface area contributed by atoms with Gasteiger partial charge in [0.05, 0.1) is 12.7 Å². The van der Waals surface area contributed by atoms with E-state index in [1.807, 2.05) is 48.2 Å². The van der Waals surface area contributed by atoms with Crippen molar-refractivity contribution in [2.45, 2.75) is 19.6 Å². The van der Waals surface area contributed by atoms with Crippen molar-refractivity contribution in [2.75, 3.05) is 19.7 Å². The first-order valence-electron chi connectivity index (χ1n) is 8.00. The average Bonchev–Trinajstić information content (AvgIpc) is 2.61. The lowest BCUT2D eigenvalue weighted by Crippen LogP contribution is -2.44. The average molecular weight is 346 g/mol. The molecule has 4 nitrogen and oxygen atoms in total. The number of halogens is 1. The molecule has 1 amide bonds. The minimum Gasteiger partial charge on any atom is -0.489 e. The zero-order valence-electron chi connectivity index (χ0n) is 13.6. The third-order valence-corrected chi connectivity index (χ3v) is 4.20. The Balaban J connectivity index is 1.58. The Morgan fingerprint density at radius 1 is 1.21 bits per heavy atom. The van der Waals surface area contributed by atoms with E-state index in [1.165, 1.54) is 0 Å². The quantitative estimate of drug-likeness (QED) is 0.846. The summed E-state index contributed by atoms with van der Waals surface area (Å²) >= 11 is 5.85. The van der Waals surface area contributed by atoms with Crippen LogP contribution in [0.15, 0.2) is 48.5 Å². The number of amides is 1. The van der Waals surface area contributed by atoms with Crippen LogP contribution in [0.2, 0.25) is 5.02 Å². The number of carbonyl (C=O) groups is 1. The van der Waals surface area contributed by atoms with E-state index in [1.54, 1.807) is 12.1 Å². The maximum absolute atomic E-state index is 12.5. The number of hydrogen-bond donors (Lipinski definition) is 0. The first-order valence-corrected chi connectivity index (χ1v) is 8.38. The van der Waals surface area contributed by atoms with Gasteiger partial charge in [0, 0.05) is 23.7 Å². The van der Waals surface area contributed by atoms with Crippen LogP contribution in [0.1, 0.15) is 22.8 Å². The van der Waals surface area contributed by atoms with Crippen LogP contribution in [0, 0.1) is 0 Å². The van der Waals surface area contributed by atoms with Gasteiger partial charge >= 0.3 is 0 Å². The minimum absolute atomic E-state index is 0.0512. The summed E-state index contributed by atoms with van der Waals surface area (Å²) in [6.45, 7) is 4.31. The maximum Gasteiger partial charge on any atom is 0.254 e. The van der Waals surface area contributed by atoms with Crippen molar-refractivity contribution in [1.29, 1.82) is 0 Å². The molecule has 0 saturated carbocycles. The number of rotatable bonds is 4. The number of hydrogen-bond acceptors (Lipinski definition) is 3. The molecule has 0 aliphatic carbocycles. The maximum atomic E-state index is 12.5. The number of morpholine rings is 1. The highest BCUT2D eigenvalue weighted by Crippen LogP contribution is 2.17. The van der Waals surface area contributed by atoms with E-state index >= 15 is 0 Å². The van der Waals surface area contributed by atoms with Crippen molar-refractivity contribution in [3.63, 3.8) is 0 Å². The molecule has 0 aromatic heterocycles. The second-order valence-electron chi connectivity index (χ2n) is 5.87. The Morgan fingerprint density at radius 3 is 2.58 bits per heavy atom. The third kappa shape index (κ3) is 4.28. The van der Waals surface area contributed by atoms with Crippen LogP contribution in [-0.2, 0) is 11.3 Å². The van der Waals surface area contributed by atoms with E-state index in [0.29, 0.717) is 36.9 Å². The molecule has 0 radical (unpaired) electrons. The molecule has 1 aliphatic rings. The molecule has 126 valence electrons. The topological polar surface area (TPSA) is 38.8 Å². The Morgan fingerprint density at radius 2 is 1.92 bits per heavy atom. The smallest absolute Gasteiger partial charge is 0.254 e. The molecule has 0 unspecified atom stereocenters. The monoisotopic (exact) mass is 345 g/mol. The van der Waals surface area contributed by atoms with Crippen molar-refractivity contribution in [2.24, 2.45) is 0 Å². The Bertz CT molecular complexity index is 685. The summed E-state index contributed by atoms with van der Waals surface area (Å²) in [5.41, 5.74) is 1.70. The van der Waals surface area contributed by atoms with Gasteiger partial charge in [-0.05, 0) is 48.9 Å². The van der Waals surface area contributed by atoms with Crippen molar-refractivity contribution >= 4 is 17.5 Å². The molecule has 0 spiro atoms. The zero-order chi connectivity index (χ0) is 16.9. The molecule has 5 heteroatoms. The summed E-state index contributed by atoms with van der Waals surface area (Å²) in [7, 11) is 0. The predicted molar refractivity (Wildman–Crippen MR) is 93.5 cm³/mol. The summed E-state index contributed by atoms with van der Waals surface area (Å²) in [5, 5.41) is 0.683. The van der Waals surface area contributed by atoms with Crippen LogP contribution in [0.5, 0.6) is 5.75 Å². The lowest BCUT2D eigenvalue weighted by atomic mass is 10.1. The molecule has 1 saturated heterocycles. The molecular weight excluding hydrogens is 326 g/mol. The summed E-state index contributed by atoms with van der Waals surface area (Å²) < 4.78 is 11.2. The third-order valence-electron chi connectivity index (χ3n) is 3.95. The fourth-order valence-corrected chi connectivity index (χ4v) is 2.75. The predicted octanol–water partition coefficient (Wildman–Crippen LogP) is 3.78. The van der Waals surface area contributed by atoms with Gasteiger partial charge < -0.3 is 14.4 Å². The molecule has 2 aromatic rings. The number of benzene rings is 2. The molecule has 0 bridgehead atoms. The fourth-order valence-electron chi connectivity index (χ4n) is 2.63. The van der Waals surface area contributed by atoms with E-state index in [2.05, 4.69) is 0 Å². The number of carbonyl (C=O) groups excluding carboxylic acids is 1. The standard InChI is InChI=1S/C19H20ClNO3/c1-14-12-21(10-11-23-14)19(22)16-4-2-15(3-5-16)13-24-18-8-6-17(20)7-9-18/h2-9,14H,10-13H2,1H3/t14-/m0/s1. The normalized spacial score (nSPS) is 17.6. The van der Waals surface area contributed by atoms with Gasteiger partial charge in [-0.25, -0.2) is 0 Å². The van der Waals surface area contributed by atoms with E-state index in [0.717, 1.165) is 11.3 Å². The number of ether oxygens (including phenoxy) is 2. The van der Waals surface area contributed by atoms with Crippen LogP contribution >= 0.6 is 11.6 Å². The molecule has 1 atom stereocenters. The highest BCUT2D eigenvalue weighted by Gasteiger charge is 2.22. The first-order chi connectivity index (χ1) is 11.6. The van der Waals surface area contributed by atoms with Gasteiger partial charge in [-0.15, -0.1) is 0 Å². The zero-order valence-corrected chi connectivity index (χ0v) is 14.3. The minimum atomic E-state index is 0.0512. The molecule has 3 rings (SSSR count). The second-order valence-corrected chi connectivity index (χ2v) is 6.31. The molecule has 24 heavy (non-hydrogen) atoms. The van der Waals surface area contributed by atoms with E-state index in [4.69, 9.17) is 21.1 Å². The van der Waals surface area contributed by atoms with Crippen molar-refractivity contribution < 1.29 is 14.3 Å². The molecule has 0 N–H and O–H groups in total. The van der Waals surface area contributed by atoms with Crippen molar-refractivity contribution in [1.82, 2.24) is 4.90 Å². The van der Waals surface area contributed by atoms with Crippen molar-refractivity contribution in [3.8, 4) is 5.75 Å². The largest absolute Gasteiger partial charge is 0.489 e. The molecule has 1 heterocycles. The van der Waals surface area contributed by atoms with Gasteiger partial charge in [0.1, 0.15) is 12.4 Å². The lowest BCUT2D eigenvalue weighted by molar-refractivity contribution is -0.0124. The lowest BCUT2D eigenvalue weighted by Gasteiger charge is -2.31. The van der Waals surface area contributed by atoms with Gasteiger partial charge in [-0.2, -0.15) is 0 Å². The van der Waals surface area contributed by atoms with Gasteiger partial charge in [-0.1, -0.05) is 23.7 Å². The van der Waals surface area contributed by atoms with Crippen LogP contribution < -0.4 is 4.74 Å². The van der Waals surface area contributed by atoms with E-state index < -0.39 is 0 Å². The highest BCUT2D eigenvalue weighted by molar-refractivity contribution is 6.30. The molecule has 2 aromatic carbocycles. The summed E-state index contributed by atoms with van der Waals surface area (Å²) in [6.07, 6.45) is 0.0924. The highest BCUT2D eigenvalue weighted by atomic mass is 35.5. The van der Waals surface area contributed by atoms with E-state index in [-0.39, 0.29) is 12.0 Å². The van der Waals surface area contributed by atoms with Crippen LogP contribution in [-0.4, -0.2) is 36.6 Å². The molecular formula is C19H20ClNO3.